The first kappa shape index (κ1) is 32.6. The molecule has 53 heavy (non-hydrogen) atoms. The lowest BCUT2D eigenvalue weighted by Crippen LogP contribution is -2.53. The Morgan fingerprint density at radius 1 is 0.453 bits per heavy atom. The Kier molecular flexibility index (Phi) is 6.98. The first-order valence-electron chi connectivity index (χ1n) is 16.4. The van der Waals surface area contributed by atoms with Crippen LogP contribution in [0.25, 0.3) is 78.7 Å². The Morgan fingerprint density at radius 2 is 0.849 bits per heavy atom. The lowest BCUT2D eigenvalue weighted by molar-refractivity contribution is -0.287. The Labute approximate surface area is 296 Å². The number of oxazole rings is 2. The molecule has 8 aromatic rings. The van der Waals surface area contributed by atoms with Crippen molar-refractivity contribution in [3.63, 3.8) is 0 Å². The minimum Gasteiger partial charge on any atom is -0.434 e. The van der Waals surface area contributed by atoms with Gasteiger partial charge in [0.25, 0.3) is 0 Å². The Hall–Kier alpha value is -6.30. The molecule has 0 amide bonds. The highest BCUT2D eigenvalue weighted by atomic mass is 19.4. The molecule has 0 fully saturated rings. The van der Waals surface area contributed by atoms with E-state index in [0.717, 1.165) is 23.5 Å². The van der Waals surface area contributed by atoms with Crippen molar-refractivity contribution in [1.82, 2.24) is 19.9 Å². The van der Waals surface area contributed by atoms with Crippen molar-refractivity contribution in [2.24, 2.45) is 0 Å². The molecule has 0 spiro atoms. The van der Waals surface area contributed by atoms with Gasteiger partial charge in [-0.3, -0.25) is 0 Å². The van der Waals surface area contributed by atoms with E-state index in [0.29, 0.717) is 44.7 Å². The smallest absolute Gasteiger partial charge is 0.411 e. The number of pyridine rings is 2. The van der Waals surface area contributed by atoms with Gasteiger partial charge in [-0.05, 0) is 119 Å². The van der Waals surface area contributed by atoms with E-state index in [-0.39, 0.29) is 34.0 Å². The number of hydrogen-bond acceptors (Lipinski definition) is 6. The summed E-state index contributed by atoms with van der Waals surface area (Å²) in [5, 5.41) is 0. The maximum atomic E-state index is 15.4. The van der Waals surface area contributed by atoms with Gasteiger partial charge in [-0.25, -0.2) is 9.97 Å². The quantitative estimate of drug-likeness (QED) is 0.169. The topological polar surface area (TPSA) is 77.8 Å². The minimum absolute atomic E-state index is 0.149. The van der Waals surface area contributed by atoms with E-state index in [1.165, 1.54) is 24.3 Å². The van der Waals surface area contributed by atoms with Gasteiger partial charge in [0.15, 0.2) is 22.5 Å². The highest BCUT2D eigenvalue weighted by molar-refractivity contribution is 5.88. The summed E-state index contributed by atoms with van der Waals surface area (Å²) in [5.74, 6) is 0.431. The van der Waals surface area contributed by atoms with Gasteiger partial charge in [0.05, 0.1) is 0 Å². The van der Waals surface area contributed by atoms with Crippen molar-refractivity contribution in [2.75, 3.05) is 0 Å². The van der Waals surface area contributed by atoms with E-state index in [9.17, 15) is 0 Å². The van der Waals surface area contributed by atoms with Crippen LogP contribution < -0.4 is 0 Å². The molecular weight excluding hydrogens is 694 g/mol. The molecule has 1 aliphatic rings. The molecule has 9 rings (SSSR count). The molecule has 4 aromatic heterocycles. The minimum atomic E-state index is -5.75. The standard InChI is InChI=1S/C41H24F6N4O2/c1-21-9-15-33-35(48-21)50-37(52-33)27-7-3-5-23(17-27)25-11-13-29-30-14-12-26(20-32(30)39(31(29)19-25,40(42,43)44)41(45,46)47)24-6-4-8-28(18-24)38-51-36-34(53-38)16-10-22(2)49-36/h3-20H,1-2H3. The molecule has 0 aliphatic heterocycles. The summed E-state index contributed by atoms with van der Waals surface area (Å²) in [7, 11) is 0. The molecule has 262 valence electrons. The average molecular weight is 719 g/mol. The molecule has 0 bridgehead atoms. The number of benzene rings is 4. The van der Waals surface area contributed by atoms with Crippen LogP contribution in [0, 0.1) is 13.8 Å². The molecule has 0 saturated heterocycles. The maximum absolute atomic E-state index is 15.4. The van der Waals surface area contributed by atoms with Crippen LogP contribution in [0.15, 0.2) is 118 Å². The lowest BCUT2D eigenvalue weighted by atomic mass is 9.75. The zero-order valence-corrected chi connectivity index (χ0v) is 27.8. The highest BCUT2D eigenvalue weighted by Crippen LogP contribution is 2.64. The normalized spacial score (nSPS) is 13.8. The third kappa shape index (κ3) is 5.03. The zero-order chi connectivity index (χ0) is 36.9. The van der Waals surface area contributed by atoms with Crippen LogP contribution in [-0.2, 0) is 5.41 Å². The Bertz CT molecular complexity index is 2570. The van der Waals surface area contributed by atoms with E-state index >= 15 is 26.3 Å². The second-order valence-electron chi connectivity index (χ2n) is 13.0. The predicted octanol–water partition coefficient (Wildman–Crippen LogP) is 11.4. The van der Waals surface area contributed by atoms with E-state index in [1.807, 2.05) is 0 Å². The van der Waals surface area contributed by atoms with Gasteiger partial charge < -0.3 is 8.83 Å². The third-order valence-electron chi connectivity index (χ3n) is 9.66. The molecule has 4 heterocycles. The largest absolute Gasteiger partial charge is 0.434 e. The summed E-state index contributed by atoms with van der Waals surface area (Å²) in [4.78, 5) is 17.6. The summed E-state index contributed by atoms with van der Waals surface area (Å²) >= 11 is 0. The average Bonchev–Trinajstić information content (AvgIpc) is 3.83. The van der Waals surface area contributed by atoms with Crippen LogP contribution >= 0.6 is 0 Å². The fraction of sp³-hybridized carbons (Fsp3) is 0.122. The molecule has 12 heteroatoms. The monoisotopic (exact) mass is 718 g/mol. The van der Waals surface area contributed by atoms with Crippen molar-refractivity contribution in [3.8, 4) is 56.3 Å². The zero-order valence-electron chi connectivity index (χ0n) is 27.8. The molecule has 0 atom stereocenters. The number of hydrogen-bond donors (Lipinski definition) is 0. The lowest BCUT2D eigenvalue weighted by Gasteiger charge is -2.36. The van der Waals surface area contributed by atoms with Crippen LogP contribution in [0.1, 0.15) is 22.5 Å². The number of alkyl halides is 6. The second-order valence-corrected chi connectivity index (χ2v) is 13.0. The number of aromatic nitrogens is 4. The molecule has 0 N–H and O–H groups in total. The molecule has 1 aliphatic carbocycles. The first-order valence-corrected chi connectivity index (χ1v) is 16.4. The van der Waals surface area contributed by atoms with E-state index in [1.54, 1.807) is 86.6 Å². The van der Waals surface area contributed by atoms with E-state index in [4.69, 9.17) is 8.83 Å². The van der Waals surface area contributed by atoms with E-state index < -0.39 is 28.9 Å². The molecule has 0 saturated carbocycles. The van der Waals surface area contributed by atoms with Gasteiger partial charge in [0, 0.05) is 22.5 Å². The number of nitrogens with zero attached hydrogens (tertiary/aromatic N) is 4. The van der Waals surface area contributed by atoms with E-state index in [2.05, 4.69) is 19.9 Å². The van der Waals surface area contributed by atoms with Crippen molar-refractivity contribution < 1.29 is 35.2 Å². The summed E-state index contributed by atoms with van der Waals surface area (Å²) in [6, 6.07) is 27.8. The number of aryl methyl sites for hydroxylation is 2. The SMILES string of the molecule is Cc1ccc2oc(-c3cccc(-c4ccc5c(c4)C(C(F)(F)F)(C(F)(F)F)c4cc(-c6cccc(-c7nc8nc(C)ccc8o7)c6)ccc4-5)c3)nc2n1. The fourth-order valence-electron chi connectivity index (χ4n) is 7.19. The van der Waals surface area contributed by atoms with Gasteiger partial charge in [0.1, 0.15) is 0 Å². The van der Waals surface area contributed by atoms with Crippen LogP contribution in [0.5, 0.6) is 0 Å². The summed E-state index contributed by atoms with van der Waals surface area (Å²) in [5.41, 5.74) is -1.22. The van der Waals surface area contributed by atoms with Gasteiger partial charge in [-0.1, -0.05) is 48.5 Å². The van der Waals surface area contributed by atoms with Gasteiger partial charge in [0.2, 0.25) is 17.2 Å². The van der Waals surface area contributed by atoms with Crippen molar-refractivity contribution >= 4 is 22.5 Å². The highest BCUT2D eigenvalue weighted by Gasteiger charge is 2.75. The number of rotatable bonds is 4. The third-order valence-corrected chi connectivity index (χ3v) is 9.66. The fourth-order valence-corrected chi connectivity index (χ4v) is 7.19. The molecule has 0 unspecified atom stereocenters. The van der Waals surface area contributed by atoms with Gasteiger partial charge in [-0.15, -0.1) is 0 Å². The van der Waals surface area contributed by atoms with Gasteiger partial charge >= 0.3 is 12.4 Å². The summed E-state index contributed by atoms with van der Waals surface area (Å²) in [6.07, 6.45) is -11.5. The van der Waals surface area contributed by atoms with Crippen molar-refractivity contribution in [3.05, 3.63) is 132 Å². The second kappa shape index (κ2) is 11.3. The van der Waals surface area contributed by atoms with Crippen molar-refractivity contribution in [1.29, 1.82) is 0 Å². The van der Waals surface area contributed by atoms with Crippen LogP contribution in [-0.4, -0.2) is 32.3 Å². The van der Waals surface area contributed by atoms with Crippen LogP contribution in [0.3, 0.4) is 0 Å². The van der Waals surface area contributed by atoms with Crippen LogP contribution in [0.2, 0.25) is 0 Å². The number of fused-ring (bicyclic) bond motifs is 5. The summed E-state index contributed by atoms with van der Waals surface area (Å²) in [6.45, 7) is 3.61. The Balaban J connectivity index is 1.16. The molecular formula is C41H24F6N4O2. The van der Waals surface area contributed by atoms with Gasteiger partial charge in [-0.2, -0.15) is 36.3 Å². The first-order chi connectivity index (χ1) is 25.3. The van der Waals surface area contributed by atoms with Crippen molar-refractivity contribution in [2.45, 2.75) is 31.6 Å². The molecule has 4 aromatic carbocycles. The molecule has 6 nitrogen and oxygen atoms in total. The molecule has 0 radical (unpaired) electrons. The predicted molar refractivity (Wildman–Crippen MR) is 187 cm³/mol. The Morgan fingerprint density at radius 3 is 1.26 bits per heavy atom. The van der Waals surface area contributed by atoms with Crippen LogP contribution in [0.4, 0.5) is 26.3 Å². The maximum Gasteiger partial charge on any atom is 0.411 e. The number of halogens is 6. The summed E-state index contributed by atoms with van der Waals surface area (Å²) < 4.78 is 104.